The van der Waals surface area contributed by atoms with Gasteiger partial charge in [-0.1, -0.05) is 386 Å². The zero-order chi connectivity index (χ0) is 77.2. The van der Waals surface area contributed by atoms with Gasteiger partial charge in [-0.25, -0.2) is 44.9 Å². The molecule has 0 N–H and O–H groups in total. The van der Waals surface area contributed by atoms with Crippen LogP contribution in [0.2, 0.25) is 0 Å². The number of hydrogen-bond acceptors (Lipinski definition) is 9. The Morgan fingerprint density at radius 3 is 0.852 bits per heavy atom. The number of aromatic nitrogens is 9. The van der Waals surface area contributed by atoms with Gasteiger partial charge in [-0.3, -0.25) is 0 Å². The van der Waals surface area contributed by atoms with Gasteiger partial charge in [0.1, 0.15) is 0 Å². The fourth-order valence-electron chi connectivity index (χ4n) is 19.2. The van der Waals surface area contributed by atoms with Crippen molar-refractivity contribution < 1.29 is 0 Å². The summed E-state index contributed by atoms with van der Waals surface area (Å²) in [5, 5.41) is 7.89. The first-order valence-electron chi connectivity index (χ1n) is 40.3. The highest BCUT2D eigenvalue weighted by Gasteiger charge is 2.48. The number of rotatable bonds is 11. The molecule has 0 amide bonds. The fraction of sp³-hybridized carbons (Fsp3) is 0.123. The standard InChI is InChI=1S/C36H27N3.C36H29N3.C34H25N3/c1-3-13-25(14-4-1)33-37-34(26-15-5-2-6-16-26)39-35(38-33)29-18-11-19-30-31(29)28-21-20-24-12-7-8-17-27(24)32(28)36(30)22-9-10-23-36;1-3-36(4-2)30-21-13-20-29(31(30)28-23-22-24-14-11-12-19-27(24)32(28)36)35-38-33(25-15-7-5-8-16-25)37-34(39-35)26-17-9-6-10-18-26;1-34(2)28-19-11-18-27(29(28)26-21-20-22-12-9-10-17-25(22)30(26)34)33-36-31(23-13-5-3-6-14-23)35-32(37-33)24-15-7-4-8-16-24/h1-8,11-21H,9-10,22-23H2;5-23H,3-4H2,1-2H3;3-21H,1-2H3. The molecule has 3 heterocycles. The molecule has 0 atom stereocenters. The summed E-state index contributed by atoms with van der Waals surface area (Å²) in [6.07, 6.45) is 6.95. The first kappa shape index (κ1) is 70.2. The van der Waals surface area contributed by atoms with E-state index in [0.29, 0.717) is 46.6 Å². The van der Waals surface area contributed by atoms with E-state index in [9.17, 15) is 0 Å². The van der Waals surface area contributed by atoms with Crippen LogP contribution < -0.4 is 0 Å². The highest BCUT2D eigenvalue weighted by Crippen LogP contribution is 2.62. The van der Waals surface area contributed by atoms with E-state index in [0.717, 1.165) is 68.7 Å². The second kappa shape index (κ2) is 29.0. The Morgan fingerprint density at radius 2 is 0.496 bits per heavy atom. The van der Waals surface area contributed by atoms with Crippen LogP contribution >= 0.6 is 0 Å². The van der Waals surface area contributed by atoms with E-state index in [1.807, 2.05) is 133 Å². The Labute approximate surface area is 670 Å². The van der Waals surface area contributed by atoms with Crippen molar-refractivity contribution in [3.8, 4) is 136 Å². The third-order valence-corrected chi connectivity index (χ3v) is 24.6. The van der Waals surface area contributed by atoms with Gasteiger partial charge >= 0.3 is 0 Å². The SMILES string of the molecule is CC1(C)c2cccc(-c3nc(-c4ccccc4)nc(-c4ccccc4)n3)c2-c2ccc3ccccc3c21.CCC1(CC)c2cccc(-c3nc(-c4ccccc4)nc(-c4ccccc4)n3)c2-c2ccc3ccccc3c21.c1ccc(-c2nc(-c3ccccc3)nc(-c3cccc4c3-c3ccc5ccccc5c3C43CCCC3)n2)cc1. The predicted molar refractivity (Wildman–Crippen MR) is 470 cm³/mol. The second-order valence-corrected chi connectivity index (χ2v) is 31.1. The molecule has 9 nitrogen and oxygen atoms in total. The summed E-state index contributed by atoms with van der Waals surface area (Å²) in [6.45, 7) is 9.29. The molecule has 15 aromatic carbocycles. The van der Waals surface area contributed by atoms with Crippen LogP contribution in [-0.2, 0) is 16.2 Å². The zero-order valence-electron chi connectivity index (χ0n) is 64.7. The van der Waals surface area contributed by atoms with Crippen molar-refractivity contribution in [1.29, 1.82) is 0 Å². The van der Waals surface area contributed by atoms with Crippen LogP contribution in [0.15, 0.2) is 346 Å². The second-order valence-electron chi connectivity index (χ2n) is 31.1. The topological polar surface area (TPSA) is 116 Å². The molecule has 0 unspecified atom stereocenters. The molecular weight excluding hydrogens is 1400 g/mol. The molecule has 0 saturated heterocycles. The first-order valence-corrected chi connectivity index (χ1v) is 40.3. The minimum atomic E-state index is -0.140. The molecule has 22 rings (SSSR count). The van der Waals surface area contributed by atoms with E-state index in [4.69, 9.17) is 44.9 Å². The molecular formula is C106H81N9. The molecule has 18 aromatic rings. The number of benzene rings is 15. The van der Waals surface area contributed by atoms with E-state index in [-0.39, 0.29) is 16.2 Å². The predicted octanol–water partition coefficient (Wildman–Crippen LogP) is 26.3. The van der Waals surface area contributed by atoms with Gasteiger partial charge in [-0.2, -0.15) is 0 Å². The third-order valence-electron chi connectivity index (χ3n) is 24.6. The Balaban J connectivity index is 0.000000112. The third kappa shape index (κ3) is 12.0. The van der Waals surface area contributed by atoms with Crippen LogP contribution in [0.3, 0.4) is 0 Å². The van der Waals surface area contributed by atoms with E-state index in [1.165, 1.54) is 125 Å². The van der Waals surface area contributed by atoms with Gasteiger partial charge in [0, 0.05) is 66.3 Å². The van der Waals surface area contributed by atoms with Crippen molar-refractivity contribution in [3.05, 3.63) is 379 Å². The summed E-state index contributed by atoms with van der Waals surface area (Å²) < 4.78 is 0. The Hall–Kier alpha value is -13.9. The maximum Gasteiger partial charge on any atom is 0.164 e. The quantitative estimate of drug-likeness (QED) is 0.125. The van der Waals surface area contributed by atoms with Crippen molar-refractivity contribution >= 4 is 32.3 Å². The van der Waals surface area contributed by atoms with Crippen LogP contribution in [-0.4, -0.2) is 44.9 Å². The Bertz CT molecular complexity index is 6330. The molecule has 0 radical (unpaired) electrons. The summed E-state index contributed by atoms with van der Waals surface area (Å²) in [5.74, 6) is 6.26. The van der Waals surface area contributed by atoms with Gasteiger partial charge in [0.2, 0.25) is 0 Å². The summed E-state index contributed by atoms with van der Waals surface area (Å²) in [6, 6.07) is 121. The van der Waals surface area contributed by atoms with Crippen LogP contribution in [0.5, 0.6) is 0 Å². The zero-order valence-corrected chi connectivity index (χ0v) is 64.7. The van der Waals surface area contributed by atoms with Gasteiger partial charge in [0.15, 0.2) is 52.4 Å². The number of hydrogen-bond donors (Lipinski definition) is 0. The van der Waals surface area contributed by atoms with Gasteiger partial charge in [0.05, 0.1) is 0 Å². The molecule has 4 aliphatic rings. The van der Waals surface area contributed by atoms with Gasteiger partial charge in [-0.15, -0.1) is 0 Å². The summed E-state index contributed by atoms with van der Waals surface area (Å²) in [7, 11) is 0. The van der Waals surface area contributed by atoms with Gasteiger partial charge in [-0.05, 0) is 125 Å². The molecule has 9 heteroatoms. The van der Waals surface area contributed by atoms with Crippen LogP contribution in [0.25, 0.3) is 168 Å². The molecule has 550 valence electrons. The summed E-state index contributed by atoms with van der Waals surface area (Å²) in [5.41, 5.74) is 25.0. The minimum Gasteiger partial charge on any atom is -0.208 e. The van der Waals surface area contributed by atoms with Crippen molar-refractivity contribution in [3.63, 3.8) is 0 Å². The lowest BCUT2D eigenvalue weighted by Gasteiger charge is -2.30. The molecule has 0 aliphatic heterocycles. The molecule has 4 aliphatic carbocycles. The summed E-state index contributed by atoms with van der Waals surface area (Å²) in [4.78, 5) is 45.2. The van der Waals surface area contributed by atoms with Gasteiger partial charge in [0.25, 0.3) is 0 Å². The maximum atomic E-state index is 5.10. The highest BCUT2D eigenvalue weighted by atomic mass is 15.1. The fourth-order valence-corrected chi connectivity index (χ4v) is 19.2. The van der Waals surface area contributed by atoms with Crippen molar-refractivity contribution in [2.75, 3.05) is 0 Å². The Morgan fingerprint density at radius 1 is 0.226 bits per heavy atom. The maximum absolute atomic E-state index is 5.10. The van der Waals surface area contributed by atoms with Crippen molar-refractivity contribution in [1.82, 2.24) is 44.9 Å². The largest absolute Gasteiger partial charge is 0.208 e. The molecule has 1 fully saturated rings. The molecule has 1 spiro atoms. The van der Waals surface area contributed by atoms with Crippen molar-refractivity contribution in [2.45, 2.75) is 82.5 Å². The van der Waals surface area contributed by atoms with Crippen LogP contribution in [0.4, 0.5) is 0 Å². The van der Waals surface area contributed by atoms with E-state index < -0.39 is 0 Å². The average molecular weight is 1480 g/mol. The normalized spacial score (nSPS) is 13.9. The molecule has 1 saturated carbocycles. The molecule has 115 heavy (non-hydrogen) atoms. The van der Waals surface area contributed by atoms with Gasteiger partial charge < -0.3 is 0 Å². The monoisotopic (exact) mass is 1480 g/mol. The minimum absolute atomic E-state index is 0.0547. The number of fused-ring (bicyclic) bond motifs is 17. The van der Waals surface area contributed by atoms with E-state index in [2.05, 4.69) is 240 Å². The highest BCUT2D eigenvalue weighted by molar-refractivity contribution is 6.04. The molecule has 0 bridgehead atoms. The lowest BCUT2D eigenvalue weighted by Crippen LogP contribution is -2.23. The number of nitrogens with zero attached hydrogens (tertiary/aromatic N) is 9. The molecule has 3 aromatic heterocycles. The lowest BCUT2D eigenvalue weighted by molar-refractivity contribution is 0.494. The first-order chi connectivity index (χ1) is 56.7. The van der Waals surface area contributed by atoms with Crippen LogP contribution in [0, 0.1) is 0 Å². The van der Waals surface area contributed by atoms with Crippen LogP contribution in [0.1, 0.15) is 99.6 Å². The van der Waals surface area contributed by atoms with Crippen molar-refractivity contribution in [2.24, 2.45) is 0 Å². The van der Waals surface area contributed by atoms with E-state index in [1.54, 1.807) is 0 Å². The van der Waals surface area contributed by atoms with E-state index >= 15 is 0 Å². The lowest BCUT2D eigenvalue weighted by atomic mass is 9.72. The Kier molecular flexibility index (Phi) is 17.7. The average Bonchev–Trinajstić information content (AvgIpc) is 1.55. The smallest absolute Gasteiger partial charge is 0.164 e. The summed E-state index contributed by atoms with van der Waals surface area (Å²) >= 11 is 0.